The first-order valence-corrected chi connectivity index (χ1v) is 5.02. The number of nitrogens with two attached hydrogens (primary N) is 1. The van der Waals surface area contributed by atoms with E-state index in [0.717, 1.165) is 18.7 Å². The van der Waals surface area contributed by atoms with Crippen LogP contribution in [0, 0.1) is 5.92 Å². The lowest BCUT2D eigenvalue weighted by Gasteiger charge is -2.32. The topological polar surface area (TPSA) is 68.8 Å². The summed E-state index contributed by atoms with van der Waals surface area (Å²) < 4.78 is 1.82. The van der Waals surface area contributed by atoms with E-state index in [1.807, 2.05) is 17.9 Å². The second-order valence-electron chi connectivity index (χ2n) is 4.12. The molecule has 5 heteroatoms. The molecule has 0 radical (unpaired) electrons. The fourth-order valence-electron chi connectivity index (χ4n) is 1.95. The molecule has 1 aliphatic rings. The van der Waals surface area contributed by atoms with E-state index < -0.39 is 0 Å². The number of hydrogen-bond acceptors (Lipinski definition) is 4. The van der Waals surface area contributed by atoms with Gasteiger partial charge in [0.1, 0.15) is 0 Å². The average Bonchev–Trinajstić information content (AvgIpc) is 2.57. The van der Waals surface area contributed by atoms with Crippen molar-refractivity contribution in [3.63, 3.8) is 0 Å². The molecule has 5 nitrogen and oxygen atoms in total. The van der Waals surface area contributed by atoms with Crippen molar-refractivity contribution in [2.45, 2.75) is 25.4 Å². The van der Waals surface area contributed by atoms with Crippen molar-refractivity contribution in [2.24, 2.45) is 18.7 Å². The molecule has 0 aromatic carbocycles. The molecule has 1 aliphatic heterocycles. The number of hydrogen-bond donors (Lipinski definition) is 2. The Morgan fingerprint density at radius 3 is 3.00 bits per heavy atom. The van der Waals surface area contributed by atoms with Crippen molar-refractivity contribution in [1.29, 1.82) is 0 Å². The van der Waals surface area contributed by atoms with Gasteiger partial charge in [-0.05, 0) is 12.3 Å². The molecule has 0 spiro atoms. The average molecular weight is 195 g/mol. The van der Waals surface area contributed by atoms with Crippen LogP contribution in [-0.4, -0.2) is 27.6 Å². The Morgan fingerprint density at radius 2 is 2.43 bits per heavy atom. The third kappa shape index (κ3) is 1.65. The van der Waals surface area contributed by atoms with Crippen molar-refractivity contribution < 1.29 is 0 Å². The van der Waals surface area contributed by atoms with E-state index in [1.165, 1.54) is 0 Å². The smallest absolute Gasteiger partial charge is 0.0753 e. The molecular weight excluding hydrogens is 178 g/mol. The second-order valence-corrected chi connectivity index (χ2v) is 4.12. The number of rotatable bonds is 1. The lowest BCUT2D eigenvalue weighted by molar-refractivity contribution is 0.278. The maximum atomic E-state index is 5.93. The quantitative estimate of drug-likeness (QED) is 0.652. The van der Waals surface area contributed by atoms with E-state index >= 15 is 0 Å². The Hall–Kier alpha value is -0.940. The van der Waals surface area contributed by atoms with Crippen LogP contribution in [0.4, 0.5) is 0 Å². The lowest BCUT2D eigenvalue weighted by atomic mass is 9.89. The third-order valence-electron chi connectivity index (χ3n) is 3.04. The highest BCUT2D eigenvalue weighted by Gasteiger charge is 2.27. The van der Waals surface area contributed by atoms with E-state index in [-0.39, 0.29) is 6.04 Å². The SMILES string of the molecule is CC1CC(c2cnnn2C)NCC1N. The molecule has 0 saturated carbocycles. The number of aryl methyl sites for hydroxylation is 1. The summed E-state index contributed by atoms with van der Waals surface area (Å²) in [5.74, 6) is 0.552. The molecule has 78 valence electrons. The van der Waals surface area contributed by atoms with Gasteiger partial charge in [-0.1, -0.05) is 12.1 Å². The normalized spacial score (nSPS) is 33.2. The zero-order valence-electron chi connectivity index (χ0n) is 8.64. The Labute approximate surface area is 83.7 Å². The molecule has 0 aliphatic carbocycles. The van der Waals surface area contributed by atoms with E-state index in [0.29, 0.717) is 12.0 Å². The Morgan fingerprint density at radius 1 is 1.64 bits per heavy atom. The zero-order chi connectivity index (χ0) is 10.1. The Bertz CT molecular complexity index is 308. The number of nitrogens with one attached hydrogen (secondary N) is 1. The molecule has 0 bridgehead atoms. The van der Waals surface area contributed by atoms with Gasteiger partial charge in [0, 0.05) is 19.6 Å². The molecule has 14 heavy (non-hydrogen) atoms. The minimum absolute atomic E-state index is 0.271. The molecular formula is C9H17N5. The van der Waals surface area contributed by atoms with Crippen LogP contribution in [0.25, 0.3) is 0 Å². The van der Waals surface area contributed by atoms with E-state index in [2.05, 4.69) is 22.6 Å². The molecule has 3 atom stereocenters. The van der Waals surface area contributed by atoms with E-state index in [9.17, 15) is 0 Å². The molecule has 0 amide bonds. The van der Waals surface area contributed by atoms with Gasteiger partial charge >= 0.3 is 0 Å². The molecule has 2 rings (SSSR count). The summed E-state index contributed by atoms with van der Waals surface area (Å²) in [5, 5.41) is 11.2. The first-order chi connectivity index (χ1) is 6.68. The van der Waals surface area contributed by atoms with Gasteiger partial charge in [0.05, 0.1) is 17.9 Å². The van der Waals surface area contributed by atoms with Crippen molar-refractivity contribution in [1.82, 2.24) is 20.3 Å². The highest BCUT2D eigenvalue weighted by atomic mass is 15.4. The van der Waals surface area contributed by atoms with Gasteiger partial charge in [0.25, 0.3) is 0 Å². The minimum Gasteiger partial charge on any atom is -0.326 e. The van der Waals surface area contributed by atoms with Crippen LogP contribution < -0.4 is 11.1 Å². The largest absolute Gasteiger partial charge is 0.326 e. The van der Waals surface area contributed by atoms with Crippen molar-refractivity contribution in [2.75, 3.05) is 6.54 Å². The summed E-state index contributed by atoms with van der Waals surface area (Å²) in [7, 11) is 1.92. The monoisotopic (exact) mass is 195 g/mol. The number of nitrogens with zero attached hydrogens (tertiary/aromatic N) is 3. The highest BCUT2D eigenvalue weighted by molar-refractivity contribution is 5.04. The van der Waals surface area contributed by atoms with Crippen LogP contribution in [0.15, 0.2) is 6.20 Å². The zero-order valence-corrected chi connectivity index (χ0v) is 8.64. The molecule has 1 aromatic rings. The van der Waals surface area contributed by atoms with Crippen LogP contribution in [0.5, 0.6) is 0 Å². The molecule has 1 aromatic heterocycles. The summed E-state index contributed by atoms with van der Waals surface area (Å²) in [5.41, 5.74) is 7.07. The van der Waals surface area contributed by atoms with Gasteiger partial charge in [-0.15, -0.1) is 5.10 Å². The molecule has 1 fully saturated rings. The molecule has 2 heterocycles. The standard InChI is InChI=1S/C9H17N5/c1-6-3-8(11-4-7(6)10)9-5-12-13-14(9)2/h5-8,11H,3-4,10H2,1-2H3. The van der Waals surface area contributed by atoms with Gasteiger partial charge in [-0.25, -0.2) is 0 Å². The van der Waals surface area contributed by atoms with E-state index in [1.54, 1.807) is 0 Å². The second kappa shape index (κ2) is 3.67. The fraction of sp³-hybridized carbons (Fsp3) is 0.778. The first-order valence-electron chi connectivity index (χ1n) is 5.02. The molecule has 3 N–H and O–H groups in total. The van der Waals surface area contributed by atoms with Crippen LogP contribution in [0.1, 0.15) is 25.1 Å². The van der Waals surface area contributed by atoms with E-state index in [4.69, 9.17) is 5.73 Å². The molecule has 1 saturated heterocycles. The van der Waals surface area contributed by atoms with Gasteiger partial charge in [-0.3, -0.25) is 4.68 Å². The maximum Gasteiger partial charge on any atom is 0.0753 e. The predicted molar refractivity (Wildman–Crippen MR) is 53.5 cm³/mol. The highest BCUT2D eigenvalue weighted by Crippen LogP contribution is 2.25. The van der Waals surface area contributed by atoms with Gasteiger partial charge in [-0.2, -0.15) is 0 Å². The lowest BCUT2D eigenvalue weighted by Crippen LogP contribution is -2.46. The van der Waals surface area contributed by atoms with Gasteiger partial charge < -0.3 is 11.1 Å². The summed E-state index contributed by atoms with van der Waals surface area (Å²) in [6, 6.07) is 0.622. The Balaban J connectivity index is 2.10. The number of aromatic nitrogens is 3. The minimum atomic E-state index is 0.271. The summed E-state index contributed by atoms with van der Waals surface area (Å²) in [4.78, 5) is 0. The van der Waals surface area contributed by atoms with Crippen LogP contribution in [0.3, 0.4) is 0 Å². The van der Waals surface area contributed by atoms with Crippen LogP contribution in [-0.2, 0) is 7.05 Å². The summed E-state index contributed by atoms with van der Waals surface area (Å²) in [6.07, 6.45) is 2.88. The van der Waals surface area contributed by atoms with Gasteiger partial charge in [0.2, 0.25) is 0 Å². The van der Waals surface area contributed by atoms with Crippen LogP contribution >= 0.6 is 0 Å². The predicted octanol–water partition coefficient (Wildman–Crippen LogP) is -0.187. The molecule has 3 unspecified atom stereocenters. The van der Waals surface area contributed by atoms with Crippen molar-refractivity contribution in [3.05, 3.63) is 11.9 Å². The third-order valence-corrected chi connectivity index (χ3v) is 3.04. The van der Waals surface area contributed by atoms with Crippen molar-refractivity contribution >= 4 is 0 Å². The van der Waals surface area contributed by atoms with Crippen molar-refractivity contribution in [3.8, 4) is 0 Å². The Kier molecular flexibility index (Phi) is 2.52. The summed E-state index contributed by atoms with van der Waals surface area (Å²) in [6.45, 7) is 3.07. The number of piperidine rings is 1. The fourth-order valence-corrected chi connectivity index (χ4v) is 1.95. The van der Waals surface area contributed by atoms with Gasteiger partial charge in [0.15, 0.2) is 0 Å². The maximum absolute atomic E-state index is 5.93. The van der Waals surface area contributed by atoms with Crippen LogP contribution in [0.2, 0.25) is 0 Å². The first kappa shape index (κ1) is 9.61. The summed E-state index contributed by atoms with van der Waals surface area (Å²) >= 11 is 0.